The third-order valence-corrected chi connectivity index (χ3v) is 9.67. The van der Waals surface area contributed by atoms with Crippen LogP contribution in [0, 0.1) is 0 Å². The Hall–Kier alpha value is -3.10. The summed E-state index contributed by atoms with van der Waals surface area (Å²) in [6.45, 7) is 4.78. The lowest BCUT2D eigenvalue weighted by Gasteiger charge is -2.51. The van der Waals surface area contributed by atoms with E-state index in [1.54, 1.807) is 13.8 Å². The van der Waals surface area contributed by atoms with E-state index in [-0.39, 0.29) is 40.9 Å². The number of fused-ring (bicyclic) bond motifs is 5. The zero-order chi connectivity index (χ0) is 30.8. The van der Waals surface area contributed by atoms with Crippen LogP contribution in [-0.4, -0.2) is 97.2 Å². The summed E-state index contributed by atoms with van der Waals surface area (Å²) >= 11 is 0. The number of phenols is 1. The fourth-order valence-electron chi connectivity index (χ4n) is 7.56. The molecule has 12 heteroatoms. The highest BCUT2D eigenvalue weighted by Crippen LogP contribution is 2.52. The number of carbonyl (C=O) groups excluding carboxylic acids is 4. The zero-order valence-electron chi connectivity index (χ0n) is 23.7. The summed E-state index contributed by atoms with van der Waals surface area (Å²) in [5, 5.41) is 44.9. The number of ketones is 4. The number of benzene rings is 1. The lowest BCUT2D eigenvalue weighted by molar-refractivity contribution is -0.347. The van der Waals surface area contributed by atoms with Crippen LogP contribution in [0.25, 0.3) is 0 Å². The number of hydrogen-bond donors (Lipinski definition) is 4. The van der Waals surface area contributed by atoms with Crippen molar-refractivity contribution in [2.45, 2.75) is 106 Å². The molecule has 4 N–H and O–H groups in total. The van der Waals surface area contributed by atoms with Crippen molar-refractivity contribution in [1.29, 1.82) is 0 Å². The molecular formula is C31H32O12. The lowest BCUT2D eigenvalue weighted by Crippen LogP contribution is -2.69. The van der Waals surface area contributed by atoms with Crippen LogP contribution < -0.4 is 0 Å². The molecule has 0 bridgehead atoms. The summed E-state index contributed by atoms with van der Waals surface area (Å²) in [5.74, 6) is -3.28. The minimum Gasteiger partial charge on any atom is -0.507 e. The number of aliphatic hydroxyl groups is 3. The Kier molecular flexibility index (Phi) is 6.14. The fourth-order valence-corrected chi connectivity index (χ4v) is 7.56. The molecule has 0 spiro atoms. The summed E-state index contributed by atoms with van der Waals surface area (Å²) in [7, 11) is 0. The van der Waals surface area contributed by atoms with E-state index in [1.165, 1.54) is 19.1 Å². The van der Waals surface area contributed by atoms with Crippen molar-refractivity contribution >= 4 is 23.1 Å². The van der Waals surface area contributed by atoms with Gasteiger partial charge in [-0.05, 0) is 32.9 Å². The SMILES string of the molecule is C[C@@H]1O[C@H]2O[C@@H]3[C@@H](C)O[C@@H](c4ccc5c(c4O)C(=O)C4=C(C5=O)[C@]5(O)C(=O)C[C@@](C)(O)C[C@]5(O)C=C4)C[C@H]3O[C@H]2CC1=O. The van der Waals surface area contributed by atoms with Crippen LogP contribution in [0.15, 0.2) is 35.4 Å². The number of phenolic OH excluding ortho intramolecular Hbond substituents is 1. The molecule has 3 aliphatic heterocycles. The van der Waals surface area contributed by atoms with Gasteiger partial charge in [-0.15, -0.1) is 0 Å². The Labute approximate surface area is 245 Å². The van der Waals surface area contributed by atoms with Crippen molar-refractivity contribution in [2.24, 2.45) is 0 Å². The molecule has 4 fully saturated rings. The van der Waals surface area contributed by atoms with E-state index >= 15 is 0 Å². The van der Waals surface area contributed by atoms with Gasteiger partial charge < -0.3 is 39.4 Å². The first kappa shape index (κ1) is 28.7. The van der Waals surface area contributed by atoms with Gasteiger partial charge >= 0.3 is 0 Å². The molecule has 3 heterocycles. The van der Waals surface area contributed by atoms with Gasteiger partial charge in [-0.1, -0.05) is 12.1 Å². The maximum absolute atomic E-state index is 13.8. The van der Waals surface area contributed by atoms with E-state index in [0.717, 1.165) is 12.2 Å². The Bertz CT molecular complexity index is 1560. The number of carbonyl (C=O) groups is 4. The predicted octanol–water partition coefficient (Wildman–Crippen LogP) is 0.920. The van der Waals surface area contributed by atoms with E-state index in [9.17, 15) is 39.6 Å². The van der Waals surface area contributed by atoms with Gasteiger partial charge in [-0.3, -0.25) is 19.2 Å². The third-order valence-electron chi connectivity index (χ3n) is 9.67. The molecule has 1 saturated carbocycles. The van der Waals surface area contributed by atoms with Gasteiger partial charge in [-0.2, -0.15) is 0 Å². The highest BCUT2D eigenvalue weighted by molar-refractivity contribution is 6.32. The summed E-state index contributed by atoms with van der Waals surface area (Å²) in [4.78, 5) is 53.0. The average Bonchev–Trinajstić information content (AvgIpc) is 2.92. The minimum atomic E-state index is -2.76. The van der Waals surface area contributed by atoms with Gasteiger partial charge in [0, 0.05) is 42.4 Å². The van der Waals surface area contributed by atoms with Crippen molar-refractivity contribution in [3.8, 4) is 5.75 Å². The summed E-state index contributed by atoms with van der Waals surface area (Å²) in [6.07, 6.45) is -2.64. The van der Waals surface area contributed by atoms with Crippen LogP contribution in [0.5, 0.6) is 5.75 Å². The third kappa shape index (κ3) is 3.94. The molecular weight excluding hydrogens is 564 g/mol. The van der Waals surface area contributed by atoms with Gasteiger partial charge in [0.25, 0.3) is 0 Å². The maximum Gasteiger partial charge on any atom is 0.198 e. The molecule has 0 amide bonds. The van der Waals surface area contributed by atoms with Crippen LogP contribution in [-0.2, 0) is 28.5 Å². The minimum absolute atomic E-state index is 0.0932. The largest absolute Gasteiger partial charge is 0.507 e. The van der Waals surface area contributed by atoms with Crippen molar-refractivity contribution in [3.05, 3.63) is 52.1 Å². The molecule has 12 nitrogen and oxygen atoms in total. The zero-order valence-corrected chi connectivity index (χ0v) is 23.7. The van der Waals surface area contributed by atoms with Crippen LogP contribution >= 0.6 is 0 Å². The van der Waals surface area contributed by atoms with E-state index < -0.39 is 101 Å². The molecule has 228 valence electrons. The molecule has 0 radical (unpaired) electrons. The molecule has 1 aromatic rings. The average molecular weight is 597 g/mol. The van der Waals surface area contributed by atoms with E-state index in [1.807, 2.05) is 0 Å². The Morgan fingerprint density at radius 1 is 0.930 bits per heavy atom. The van der Waals surface area contributed by atoms with Crippen LogP contribution in [0.2, 0.25) is 0 Å². The molecule has 3 saturated heterocycles. The van der Waals surface area contributed by atoms with Crippen molar-refractivity contribution in [3.63, 3.8) is 0 Å². The standard InChI is InChI=1S/C31H32O12/c1-12-17(32)8-20-28(41-12)43-27-13(2)40-18(9-19(27)42-20)14-4-5-15-22(24(14)34)25(35)16-6-7-30(38)11-29(3,37)10-21(33)31(30,39)23(16)26(15)36/h4-7,12-13,18-20,27-28,34,37-39H,8-11H2,1-3H3/t12-,13+,18+,19+,20-,27+,28-,29+,30+,31+/m0/s1. The molecule has 43 heavy (non-hydrogen) atoms. The van der Waals surface area contributed by atoms with Crippen LogP contribution in [0.3, 0.4) is 0 Å². The second-order valence-electron chi connectivity index (χ2n) is 12.8. The number of hydrogen-bond acceptors (Lipinski definition) is 12. The highest BCUT2D eigenvalue weighted by atomic mass is 16.7. The molecule has 10 atom stereocenters. The van der Waals surface area contributed by atoms with E-state index in [2.05, 4.69) is 0 Å². The van der Waals surface area contributed by atoms with Gasteiger partial charge in [0.1, 0.15) is 29.7 Å². The van der Waals surface area contributed by atoms with Gasteiger partial charge in [0.2, 0.25) is 0 Å². The quantitative estimate of drug-likeness (QED) is 0.360. The fraction of sp³-hybridized carbons (Fsp3) is 0.548. The van der Waals surface area contributed by atoms with Crippen molar-refractivity contribution < 1.29 is 58.6 Å². The van der Waals surface area contributed by atoms with Crippen molar-refractivity contribution in [1.82, 2.24) is 0 Å². The Balaban J connectivity index is 1.21. The lowest BCUT2D eigenvalue weighted by atomic mass is 9.57. The summed E-state index contributed by atoms with van der Waals surface area (Å²) in [5.41, 5.74) is -7.95. The van der Waals surface area contributed by atoms with Gasteiger partial charge in [0.15, 0.2) is 35.0 Å². The van der Waals surface area contributed by atoms with Crippen molar-refractivity contribution in [2.75, 3.05) is 0 Å². The predicted molar refractivity (Wildman–Crippen MR) is 143 cm³/mol. The smallest absolute Gasteiger partial charge is 0.198 e. The molecule has 0 aromatic heterocycles. The number of aromatic hydroxyl groups is 1. The first-order valence-electron chi connectivity index (χ1n) is 14.4. The molecule has 3 aliphatic carbocycles. The highest BCUT2D eigenvalue weighted by Gasteiger charge is 2.66. The summed E-state index contributed by atoms with van der Waals surface area (Å²) in [6, 6.07) is 2.76. The second kappa shape index (κ2) is 9.21. The molecule has 0 unspecified atom stereocenters. The number of Topliss-reactive ketones (excluding diaryl/α,β-unsaturated/α-hetero) is 4. The molecule has 6 aliphatic rings. The number of rotatable bonds is 1. The first-order valence-corrected chi connectivity index (χ1v) is 14.4. The second-order valence-corrected chi connectivity index (χ2v) is 12.8. The normalized spacial score (nSPS) is 43.9. The Morgan fingerprint density at radius 3 is 2.42 bits per heavy atom. The van der Waals surface area contributed by atoms with Gasteiger partial charge in [-0.25, -0.2) is 0 Å². The topological polar surface area (TPSA) is 186 Å². The first-order chi connectivity index (χ1) is 20.1. The van der Waals surface area contributed by atoms with E-state index in [4.69, 9.17) is 18.9 Å². The Morgan fingerprint density at radius 2 is 1.67 bits per heavy atom. The van der Waals surface area contributed by atoms with Gasteiger partial charge in [0.05, 0.1) is 35.0 Å². The molecule has 7 rings (SSSR count). The maximum atomic E-state index is 13.8. The monoisotopic (exact) mass is 596 g/mol. The van der Waals surface area contributed by atoms with E-state index in [0.29, 0.717) is 0 Å². The van der Waals surface area contributed by atoms with Crippen LogP contribution in [0.1, 0.15) is 78.8 Å². The number of ether oxygens (including phenoxy) is 4. The number of allylic oxidation sites excluding steroid dienone is 2. The molecule has 1 aromatic carbocycles. The van der Waals surface area contributed by atoms with Crippen LogP contribution in [0.4, 0.5) is 0 Å². The summed E-state index contributed by atoms with van der Waals surface area (Å²) < 4.78 is 24.2.